The number of imidazole rings is 1. The van der Waals surface area contributed by atoms with Gasteiger partial charge >= 0.3 is 5.69 Å². The van der Waals surface area contributed by atoms with Gasteiger partial charge in [-0.1, -0.05) is 23.7 Å². The Labute approximate surface area is 172 Å². The van der Waals surface area contributed by atoms with Crippen LogP contribution >= 0.6 is 11.6 Å². The van der Waals surface area contributed by atoms with E-state index in [0.717, 1.165) is 22.3 Å². The van der Waals surface area contributed by atoms with Gasteiger partial charge in [-0.2, -0.15) is 5.10 Å². The minimum absolute atomic E-state index is 0.0301. The first-order valence-electron chi connectivity index (χ1n) is 9.31. The van der Waals surface area contributed by atoms with Crippen LogP contribution in [0.4, 0.5) is 0 Å². The summed E-state index contributed by atoms with van der Waals surface area (Å²) in [7, 11) is 0. The minimum atomic E-state index is -0.231. The second-order valence-corrected chi connectivity index (χ2v) is 7.08. The lowest BCUT2D eigenvalue weighted by atomic mass is 10.3. The van der Waals surface area contributed by atoms with E-state index in [1.165, 1.54) is 4.57 Å². The van der Waals surface area contributed by atoms with E-state index in [1.54, 1.807) is 27.6 Å². The molecule has 0 atom stereocenters. The van der Waals surface area contributed by atoms with Crippen molar-refractivity contribution in [2.45, 2.75) is 26.6 Å². The monoisotopic (exact) mass is 409 g/mol. The molecule has 0 spiro atoms. The standard InChI is InChI=1S/C21H20ClN5O2/c1-2-25-18-5-3-4-6-19(18)26(21(25)29)14-20(28)23-11-15-12-24-27(13-15)17-9-7-16(22)8-10-17/h3-10,12-13H,2,11,14H2,1H3,(H,23,28). The molecule has 2 aromatic carbocycles. The second-order valence-electron chi connectivity index (χ2n) is 6.65. The predicted molar refractivity (Wildman–Crippen MR) is 112 cm³/mol. The average molecular weight is 410 g/mol. The first-order valence-corrected chi connectivity index (χ1v) is 9.69. The number of aromatic nitrogens is 4. The number of hydrogen-bond donors (Lipinski definition) is 1. The average Bonchev–Trinajstić information content (AvgIpc) is 3.30. The summed E-state index contributed by atoms with van der Waals surface area (Å²) in [6, 6.07) is 14.8. The van der Waals surface area contributed by atoms with Crippen molar-refractivity contribution in [1.29, 1.82) is 0 Å². The molecule has 0 fully saturated rings. The quantitative estimate of drug-likeness (QED) is 0.532. The van der Waals surface area contributed by atoms with Gasteiger partial charge < -0.3 is 5.32 Å². The smallest absolute Gasteiger partial charge is 0.329 e. The van der Waals surface area contributed by atoms with Crippen molar-refractivity contribution in [3.8, 4) is 5.69 Å². The number of para-hydroxylation sites is 2. The molecule has 29 heavy (non-hydrogen) atoms. The van der Waals surface area contributed by atoms with Gasteiger partial charge in [0.05, 0.1) is 22.9 Å². The molecule has 2 heterocycles. The number of carbonyl (C=O) groups excluding carboxylic acids is 1. The fraction of sp³-hybridized carbons (Fsp3) is 0.190. The van der Waals surface area contributed by atoms with E-state index in [4.69, 9.17) is 11.6 Å². The van der Waals surface area contributed by atoms with Crippen molar-refractivity contribution in [2.75, 3.05) is 0 Å². The molecule has 0 saturated heterocycles. The summed E-state index contributed by atoms with van der Waals surface area (Å²) in [6.07, 6.45) is 3.54. The number of carbonyl (C=O) groups is 1. The highest BCUT2D eigenvalue weighted by atomic mass is 35.5. The van der Waals surface area contributed by atoms with Gasteiger partial charge in [-0.25, -0.2) is 9.48 Å². The molecule has 0 radical (unpaired) electrons. The largest absolute Gasteiger partial charge is 0.350 e. The Bertz CT molecular complexity index is 1220. The van der Waals surface area contributed by atoms with Gasteiger partial charge in [-0.15, -0.1) is 0 Å². The number of amides is 1. The Morgan fingerprint density at radius 3 is 2.45 bits per heavy atom. The fourth-order valence-corrected chi connectivity index (χ4v) is 3.44. The number of hydrogen-bond acceptors (Lipinski definition) is 3. The maximum atomic E-state index is 12.6. The van der Waals surface area contributed by atoms with Gasteiger partial charge in [0, 0.05) is 29.9 Å². The molecule has 8 heteroatoms. The highest BCUT2D eigenvalue weighted by Crippen LogP contribution is 2.14. The van der Waals surface area contributed by atoms with Crippen LogP contribution in [-0.2, 0) is 24.4 Å². The van der Waals surface area contributed by atoms with E-state index in [-0.39, 0.29) is 18.1 Å². The Kier molecular flexibility index (Phi) is 5.22. The summed E-state index contributed by atoms with van der Waals surface area (Å²) < 4.78 is 4.89. The topological polar surface area (TPSA) is 73.8 Å². The molecule has 0 saturated carbocycles. The van der Waals surface area contributed by atoms with Gasteiger partial charge in [0.2, 0.25) is 5.91 Å². The van der Waals surface area contributed by atoms with Gasteiger partial charge in [-0.05, 0) is 43.3 Å². The van der Waals surface area contributed by atoms with Crippen LogP contribution in [0.3, 0.4) is 0 Å². The molecule has 0 aliphatic heterocycles. The molecule has 148 valence electrons. The van der Waals surface area contributed by atoms with E-state index in [9.17, 15) is 9.59 Å². The lowest BCUT2D eigenvalue weighted by molar-refractivity contribution is -0.121. The number of fused-ring (bicyclic) bond motifs is 1. The van der Waals surface area contributed by atoms with Gasteiger partial charge in [-0.3, -0.25) is 13.9 Å². The van der Waals surface area contributed by atoms with Gasteiger partial charge in [0.15, 0.2) is 0 Å². The molecule has 4 aromatic rings. The summed E-state index contributed by atoms with van der Waals surface area (Å²) in [5, 5.41) is 7.83. The molecular formula is C21H20ClN5O2. The van der Waals surface area contributed by atoms with Crippen molar-refractivity contribution in [1.82, 2.24) is 24.2 Å². The maximum absolute atomic E-state index is 12.6. The Morgan fingerprint density at radius 2 is 1.76 bits per heavy atom. The van der Waals surface area contributed by atoms with Crippen molar-refractivity contribution in [2.24, 2.45) is 0 Å². The summed E-state index contributed by atoms with van der Waals surface area (Å²) in [4.78, 5) is 25.1. The first kappa shape index (κ1) is 19.0. The molecule has 1 N–H and O–H groups in total. The van der Waals surface area contributed by atoms with Crippen LogP contribution in [0.1, 0.15) is 12.5 Å². The number of nitrogens with zero attached hydrogens (tertiary/aromatic N) is 4. The zero-order valence-electron chi connectivity index (χ0n) is 15.9. The predicted octanol–water partition coefficient (Wildman–Crippen LogP) is 2.98. The number of rotatable bonds is 6. The van der Waals surface area contributed by atoms with Crippen molar-refractivity contribution < 1.29 is 4.79 Å². The third-order valence-corrected chi connectivity index (χ3v) is 5.01. The molecule has 0 unspecified atom stereocenters. The van der Waals surface area contributed by atoms with Crippen molar-refractivity contribution in [3.05, 3.63) is 82.0 Å². The molecule has 1 amide bonds. The summed E-state index contributed by atoms with van der Waals surface area (Å²) >= 11 is 5.91. The van der Waals surface area contributed by atoms with Crippen LogP contribution in [0.15, 0.2) is 65.7 Å². The van der Waals surface area contributed by atoms with Crippen molar-refractivity contribution in [3.63, 3.8) is 0 Å². The van der Waals surface area contributed by atoms with E-state index >= 15 is 0 Å². The highest BCUT2D eigenvalue weighted by Gasteiger charge is 2.14. The van der Waals surface area contributed by atoms with E-state index < -0.39 is 0 Å². The zero-order valence-corrected chi connectivity index (χ0v) is 16.6. The zero-order chi connectivity index (χ0) is 20.4. The normalized spacial score (nSPS) is 11.1. The number of aryl methyl sites for hydroxylation is 1. The lowest BCUT2D eigenvalue weighted by Gasteiger charge is -2.05. The molecule has 7 nitrogen and oxygen atoms in total. The van der Waals surface area contributed by atoms with Crippen LogP contribution in [0.5, 0.6) is 0 Å². The summed E-state index contributed by atoms with van der Waals surface area (Å²) in [5.74, 6) is -0.231. The Balaban J connectivity index is 1.45. The van der Waals surface area contributed by atoms with Crippen LogP contribution in [-0.4, -0.2) is 24.8 Å². The van der Waals surface area contributed by atoms with Crippen LogP contribution < -0.4 is 11.0 Å². The van der Waals surface area contributed by atoms with Gasteiger partial charge in [0.25, 0.3) is 0 Å². The summed E-state index contributed by atoms with van der Waals surface area (Å²) in [5.41, 5.74) is 3.14. The molecule has 4 rings (SSSR count). The van der Waals surface area contributed by atoms with E-state index in [2.05, 4.69) is 10.4 Å². The second kappa shape index (κ2) is 7.97. The van der Waals surface area contributed by atoms with E-state index in [1.807, 2.05) is 49.5 Å². The number of halogens is 1. The third-order valence-electron chi connectivity index (χ3n) is 4.76. The van der Waals surface area contributed by atoms with Crippen LogP contribution in [0.2, 0.25) is 5.02 Å². The van der Waals surface area contributed by atoms with Gasteiger partial charge in [0.1, 0.15) is 6.54 Å². The molecular weight excluding hydrogens is 390 g/mol. The molecule has 0 bridgehead atoms. The van der Waals surface area contributed by atoms with Crippen molar-refractivity contribution >= 4 is 28.5 Å². The lowest BCUT2D eigenvalue weighted by Crippen LogP contribution is -2.32. The Morgan fingerprint density at radius 1 is 1.07 bits per heavy atom. The van der Waals surface area contributed by atoms with Crippen LogP contribution in [0.25, 0.3) is 16.7 Å². The number of nitrogens with one attached hydrogen (secondary N) is 1. The minimum Gasteiger partial charge on any atom is -0.350 e. The van der Waals surface area contributed by atoms with Crippen LogP contribution in [0, 0.1) is 0 Å². The summed E-state index contributed by atoms with van der Waals surface area (Å²) in [6.45, 7) is 2.76. The first-order chi connectivity index (χ1) is 14.1. The fourth-order valence-electron chi connectivity index (χ4n) is 3.32. The maximum Gasteiger partial charge on any atom is 0.329 e. The SMILES string of the molecule is CCn1c(=O)n(CC(=O)NCc2cnn(-c3ccc(Cl)cc3)c2)c2ccccc21. The number of benzene rings is 2. The molecule has 0 aliphatic rings. The van der Waals surface area contributed by atoms with E-state index in [0.29, 0.717) is 18.1 Å². The highest BCUT2D eigenvalue weighted by molar-refractivity contribution is 6.30. The molecule has 0 aliphatic carbocycles. The Hall–Kier alpha value is -3.32. The molecule has 2 aromatic heterocycles. The third kappa shape index (κ3) is 3.82.